The molecule has 0 aliphatic carbocycles. The number of hydrogen-bond donors (Lipinski definition) is 1. The molecule has 3 rings (SSSR count). The maximum absolute atomic E-state index is 6.20. The topological polar surface area (TPSA) is 21.3 Å². The van der Waals surface area contributed by atoms with Gasteiger partial charge in [0.05, 0.1) is 12.2 Å². The van der Waals surface area contributed by atoms with Crippen molar-refractivity contribution in [3.05, 3.63) is 57.0 Å². The van der Waals surface area contributed by atoms with Crippen molar-refractivity contribution in [2.24, 2.45) is 0 Å². The van der Waals surface area contributed by atoms with Crippen molar-refractivity contribution >= 4 is 40.5 Å². The van der Waals surface area contributed by atoms with Gasteiger partial charge >= 0.3 is 0 Å². The molecule has 1 unspecified atom stereocenters. The average molecular weight is 315 g/mol. The van der Waals surface area contributed by atoms with Crippen molar-refractivity contribution < 1.29 is 4.74 Å². The summed E-state index contributed by atoms with van der Waals surface area (Å²) in [6.45, 7) is 0.634. The molecule has 0 radical (unpaired) electrons. The summed E-state index contributed by atoms with van der Waals surface area (Å²) in [5.41, 5.74) is 1.81. The molecule has 1 aliphatic heterocycles. The van der Waals surface area contributed by atoms with Crippen molar-refractivity contribution in [3.8, 4) is 5.75 Å². The van der Waals surface area contributed by atoms with Crippen LogP contribution in [0.3, 0.4) is 0 Å². The van der Waals surface area contributed by atoms with E-state index >= 15 is 0 Å². The van der Waals surface area contributed by atoms with E-state index in [-0.39, 0.29) is 6.10 Å². The van der Waals surface area contributed by atoms with E-state index in [4.69, 9.17) is 39.5 Å². The lowest BCUT2D eigenvalue weighted by Crippen LogP contribution is -2.23. The summed E-state index contributed by atoms with van der Waals surface area (Å²) in [5, 5.41) is 5.19. The Bertz CT molecular complexity index is 630. The fraction of sp³-hybridized carbons (Fsp3) is 0.143. The number of rotatable bonds is 1. The van der Waals surface area contributed by atoms with Gasteiger partial charge in [0.15, 0.2) is 0 Å². The third-order valence-electron chi connectivity index (χ3n) is 3.00. The molecule has 1 aliphatic rings. The van der Waals surface area contributed by atoms with Gasteiger partial charge in [0.1, 0.15) is 11.9 Å². The SMILES string of the molecule is Clc1ccc(C2CNc3cc(Cl)ccc3O2)c(Cl)c1. The zero-order valence-electron chi connectivity index (χ0n) is 9.79. The Kier molecular flexibility index (Phi) is 3.48. The van der Waals surface area contributed by atoms with Gasteiger partial charge in [-0.1, -0.05) is 40.9 Å². The third kappa shape index (κ3) is 2.62. The fourth-order valence-electron chi connectivity index (χ4n) is 2.08. The predicted octanol–water partition coefficient (Wildman–Crippen LogP) is 5.19. The lowest BCUT2D eigenvalue weighted by atomic mass is 10.1. The Labute approximate surface area is 126 Å². The first kappa shape index (κ1) is 12.9. The van der Waals surface area contributed by atoms with Gasteiger partial charge in [-0.3, -0.25) is 0 Å². The second kappa shape index (κ2) is 5.12. The van der Waals surface area contributed by atoms with Crippen molar-refractivity contribution in [1.82, 2.24) is 0 Å². The van der Waals surface area contributed by atoms with E-state index in [0.29, 0.717) is 21.6 Å². The van der Waals surface area contributed by atoms with E-state index in [1.165, 1.54) is 0 Å². The summed E-state index contributed by atoms with van der Waals surface area (Å²) in [7, 11) is 0. The third-order valence-corrected chi connectivity index (χ3v) is 3.80. The molecule has 1 heterocycles. The van der Waals surface area contributed by atoms with Crippen molar-refractivity contribution in [2.45, 2.75) is 6.10 Å². The maximum atomic E-state index is 6.20. The number of benzene rings is 2. The zero-order chi connectivity index (χ0) is 13.4. The molecule has 2 aromatic carbocycles. The number of hydrogen-bond acceptors (Lipinski definition) is 2. The normalized spacial score (nSPS) is 17.3. The van der Waals surface area contributed by atoms with Crippen LogP contribution in [0.5, 0.6) is 5.75 Å². The van der Waals surface area contributed by atoms with Gasteiger partial charge in [0, 0.05) is 20.6 Å². The monoisotopic (exact) mass is 313 g/mol. The van der Waals surface area contributed by atoms with Crippen LogP contribution < -0.4 is 10.1 Å². The number of nitrogens with one attached hydrogen (secondary N) is 1. The van der Waals surface area contributed by atoms with E-state index in [2.05, 4.69) is 5.32 Å². The lowest BCUT2D eigenvalue weighted by molar-refractivity contribution is 0.210. The standard InChI is InChI=1S/C14H10Cl3NO/c15-8-1-3-10(11(17)5-8)14-7-18-12-6-9(16)2-4-13(12)19-14/h1-6,14,18H,7H2. The van der Waals surface area contributed by atoms with E-state index in [1.54, 1.807) is 12.1 Å². The second-order valence-corrected chi connectivity index (χ2v) is 5.57. The van der Waals surface area contributed by atoms with Gasteiger partial charge in [-0.05, 0) is 30.3 Å². The van der Waals surface area contributed by atoms with Crippen LogP contribution in [-0.2, 0) is 0 Å². The van der Waals surface area contributed by atoms with E-state index < -0.39 is 0 Å². The Morgan fingerprint density at radius 2 is 1.74 bits per heavy atom. The van der Waals surface area contributed by atoms with Gasteiger partial charge in [-0.2, -0.15) is 0 Å². The van der Waals surface area contributed by atoms with Crippen LogP contribution in [0.4, 0.5) is 5.69 Å². The smallest absolute Gasteiger partial charge is 0.143 e. The molecule has 1 N–H and O–H groups in total. The summed E-state index contributed by atoms with van der Waals surface area (Å²) < 4.78 is 5.94. The molecular formula is C14H10Cl3NO. The first-order chi connectivity index (χ1) is 9.13. The van der Waals surface area contributed by atoms with Crippen molar-refractivity contribution in [1.29, 1.82) is 0 Å². The van der Waals surface area contributed by atoms with Crippen LogP contribution >= 0.6 is 34.8 Å². The van der Waals surface area contributed by atoms with Gasteiger partial charge in [-0.15, -0.1) is 0 Å². The summed E-state index contributed by atoms with van der Waals surface area (Å²) in [6.07, 6.45) is -0.140. The molecule has 0 amide bonds. The lowest BCUT2D eigenvalue weighted by Gasteiger charge is -2.28. The van der Waals surface area contributed by atoms with Gasteiger partial charge in [-0.25, -0.2) is 0 Å². The minimum atomic E-state index is -0.140. The van der Waals surface area contributed by atoms with Crippen molar-refractivity contribution in [3.63, 3.8) is 0 Å². The van der Waals surface area contributed by atoms with Crippen LogP contribution in [0.1, 0.15) is 11.7 Å². The summed E-state index contributed by atoms with van der Waals surface area (Å²) in [4.78, 5) is 0. The highest BCUT2D eigenvalue weighted by atomic mass is 35.5. The van der Waals surface area contributed by atoms with Gasteiger partial charge in [0.2, 0.25) is 0 Å². The molecule has 98 valence electrons. The van der Waals surface area contributed by atoms with E-state index in [9.17, 15) is 0 Å². The highest BCUT2D eigenvalue weighted by Gasteiger charge is 2.23. The number of halogens is 3. The molecule has 0 bridgehead atoms. The Balaban J connectivity index is 1.91. The van der Waals surface area contributed by atoms with Crippen LogP contribution in [-0.4, -0.2) is 6.54 Å². The van der Waals surface area contributed by atoms with Crippen LogP contribution in [0.2, 0.25) is 15.1 Å². The molecule has 0 spiro atoms. The highest BCUT2D eigenvalue weighted by Crippen LogP contribution is 2.38. The van der Waals surface area contributed by atoms with Crippen LogP contribution in [0, 0.1) is 0 Å². The molecular weight excluding hydrogens is 305 g/mol. The maximum Gasteiger partial charge on any atom is 0.143 e. The van der Waals surface area contributed by atoms with Gasteiger partial charge in [0.25, 0.3) is 0 Å². The second-order valence-electron chi connectivity index (χ2n) is 4.29. The largest absolute Gasteiger partial charge is 0.482 e. The molecule has 2 nitrogen and oxygen atoms in total. The summed E-state index contributed by atoms with van der Waals surface area (Å²) in [5.74, 6) is 0.770. The zero-order valence-corrected chi connectivity index (χ0v) is 12.1. The Morgan fingerprint density at radius 3 is 2.53 bits per heavy atom. The molecule has 5 heteroatoms. The fourth-order valence-corrected chi connectivity index (χ4v) is 2.78. The molecule has 0 saturated heterocycles. The minimum Gasteiger partial charge on any atom is -0.482 e. The Hall–Kier alpha value is -1.09. The van der Waals surface area contributed by atoms with Crippen molar-refractivity contribution in [2.75, 3.05) is 11.9 Å². The summed E-state index contributed by atoms with van der Waals surface area (Å²) >= 11 is 18.0. The van der Waals surface area contributed by atoms with Crippen LogP contribution in [0.25, 0.3) is 0 Å². The first-order valence-electron chi connectivity index (χ1n) is 5.78. The molecule has 19 heavy (non-hydrogen) atoms. The minimum absolute atomic E-state index is 0.140. The highest BCUT2D eigenvalue weighted by molar-refractivity contribution is 6.35. The Morgan fingerprint density at radius 1 is 1.00 bits per heavy atom. The average Bonchev–Trinajstić information content (AvgIpc) is 2.38. The van der Waals surface area contributed by atoms with Crippen LogP contribution in [0.15, 0.2) is 36.4 Å². The quantitative estimate of drug-likeness (QED) is 0.782. The molecule has 2 aromatic rings. The van der Waals surface area contributed by atoms with Gasteiger partial charge < -0.3 is 10.1 Å². The molecule has 0 fully saturated rings. The first-order valence-corrected chi connectivity index (χ1v) is 6.92. The molecule has 0 aromatic heterocycles. The number of ether oxygens (including phenoxy) is 1. The molecule has 0 saturated carbocycles. The predicted molar refractivity (Wildman–Crippen MR) is 79.8 cm³/mol. The molecule has 1 atom stereocenters. The number of anilines is 1. The summed E-state index contributed by atoms with van der Waals surface area (Å²) in [6, 6.07) is 10.9. The number of fused-ring (bicyclic) bond motifs is 1. The van der Waals surface area contributed by atoms with E-state index in [0.717, 1.165) is 17.0 Å². The van der Waals surface area contributed by atoms with E-state index in [1.807, 2.05) is 24.3 Å².